The van der Waals surface area contributed by atoms with E-state index < -0.39 is 0 Å². The molecule has 214 valence electrons. The van der Waals surface area contributed by atoms with Crippen molar-refractivity contribution < 1.29 is 0 Å². The van der Waals surface area contributed by atoms with Gasteiger partial charge < -0.3 is 0 Å². The predicted molar refractivity (Wildman–Crippen MR) is 178 cm³/mol. The standard InChI is InChI=1S/C38H52N2/c1-6-9-11-13-14-17-23-35-27-36(25-24-32(35)8-3)39-29-30(4)40-37-26-34(22-16-12-10-7-2)31(5)38(28-37)33-20-18-15-19-21-33/h15,18-21,24-29H,6-14,16-17,22-23H2,1-5H3. The third kappa shape index (κ3) is 10.2. The van der Waals surface area contributed by atoms with Gasteiger partial charge in [-0.05, 0) is 104 Å². The second-order valence-electron chi connectivity index (χ2n) is 11.3. The molecule has 0 fully saturated rings. The van der Waals surface area contributed by atoms with Gasteiger partial charge >= 0.3 is 0 Å². The highest BCUT2D eigenvalue weighted by Gasteiger charge is 2.10. The van der Waals surface area contributed by atoms with Gasteiger partial charge in [0.2, 0.25) is 0 Å². The molecule has 3 aromatic carbocycles. The van der Waals surface area contributed by atoms with E-state index in [1.165, 1.54) is 97.6 Å². The maximum Gasteiger partial charge on any atom is 0.0642 e. The molecule has 2 nitrogen and oxygen atoms in total. The Balaban J connectivity index is 1.78. The monoisotopic (exact) mass is 536 g/mol. The summed E-state index contributed by atoms with van der Waals surface area (Å²) in [6, 6.07) is 22.0. The number of hydrogen-bond donors (Lipinski definition) is 0. The van der Waals surface area contributed by atoms with Gasteiger partial charge in [0.25, 0.3) is 0 Å². The zero-order chi connectivity index (χ0) is 28.6. The van der Waals surface area contributed by atoms with E-state index in [4.69, 9.17) is 9.98 Å². The quantitative estimate of drug-likeness (QED) is 0.121. The molecule has 0 N–H and O–H groups in total. The van der Waals surface area contributed by atoms with Crippen molar-refractivity contribution in [1.82, 2.24) is 0 Å². The van der Waals surface area contributed by atoms with E-state index in [1.54, 1.807) is 0 Å². The van der Waals surface area contributed by atoms with Gasteiger partial charge in [-0.15, -0.1) is 0 Å². The van der Waals surface area contributed by atoms with Crippen molar-refractivity contribution in [3.8, 4) is 11.1 Å². The first-order chi connectivity index (χ1) is 19.5. The molecule has 3 rings (SSSR count). The molecule has 3 aromatic rings. The Morgan fingerprint density at radius 1 is 0.650 bits per heavy atom. The number of benzene rings is 3. The summed E-state index contributed by atoms with van der Waals surface area (Å²) in [6.07, 6.45) is 18.3. The van der Waals surface area contributed by atoms with Gasteiger partial charge in [0.05, 0.1) is 17.1 Å². The lowest BCUT2D eigenvalue weighted by molar-refractivity contribution is 0.606. The maximum atomic E-state index is 5.02. The van der Waals surface area contributed by atoms with Crippen LogP contribution in [0.4, 0.5) is 11.4 Å². The van der Waals surface area contributed by atoms with E-state index in [9.17, 15) is 0 Å². The summed E-state index contributed by atoms with van der Waals surface area (Å²) in [6.45, 7) is 11.1. The number of aryl methyl sites for hydroxylation is 3. The summed E-state index contributed by atoms with van der Waals surface area (Å²) < 4.78 is 0. The summed E-state index contributed by atoms with van der Waals surface area (Å²) in [5, 5.41) is 0. The van der Waals surface area contributed by atoms with Crippen LogP contribution in [-0.4, -0.2) is 11.9 Å². The van der Waals surface area contributed by atoms with Gasteiger partial charge in [0.1, 0.15) is 0 Å². The molecule has 0 aliphatic carbocycles. The third-order valence-electron chi connectivity index (χ3n) is 7.96. The van der Waals surface area contributed by atoms with E-state index in [-0.39, 0.29) is 0 Å². The molecule has 0 aromatic heterocycles. The second-order valence-corrected chi connectivity index (χ2v) is 11.3. The van der Waals surface area contributed by atoms with Crippen LogP contribution in [-0.2, 0) is 19.3 Å². The maximum absolute atomic E-state index is 5.02. The molecule has 0 unspecified atom stereocenters. The summed E-state index contributed by atoms with van der Waals surface area (Å²) in [5.74, 6) is 0. The van der Waals surface area contributed by atoms with Gasteiger partial charge in [0.15, 0.2) is 0 Å². The van der Waals surface area contributed by atoms with E-state index in [2.05, 4.69) is 95.3 Å². The van der Waals surface area contributed by atoms with Crippen LogP contribution in [0.5, 0.6) is 0 Å². The Labute approximate surface area is 245 Å². The van der Waals surface area contributed by atoms with Gasteiger partial charge in [-0.1, -0.05) is 109 Å². The molecule has 0 heterocycles. The molecule has 0 radical (unpaired) electrons. The molecule has 0 aliphatic rings. The highest BCUT2D eigenvalue weighted by molar-refractivity contribution is 6.30. The number of rotatable bonds is 17. The Hall–Kier alpha value is -3.00. The summed E-state index contributed by atoms with van der Waals surface area (Å²) in [7, 11) is 0. The van der Waals surface area contributed by atoms with E-state index in [1.807, 2.05) is 6.21 Å². The Bertz CT molecular complexity index is 1220. The molecule has 2 heteroatoms. The van der Waals surface area contributed by atoms with Crippen molar-refractivity contribution in [3.05, 3.63) is 82.9 Å². The van der Waals surface area contributed by atoms with Gasteiger partial charge in [0, 0.05) is 6.21 Å². The fraction of sp³-hybridized carbons (Fsp3) is 0.474. The molecular formula is C38H52N2. The Morgan fingerprint density at radius 3 is 1.98 bits per heavy atom. The first-order valence-electron chi connectivity index (χ1n) is 16.0. The first kappa shape index (κ1) is 31.5. The fourth-order valence-electron chi connectivity index (χ4n) is 5.51. The summed E-state index contributed by atoms with van der Waals surface area (Å²) in [4.78, 5) is 9.86. The molecule has 0 saturated carbocycles. The average molecular weight is 537 g/mol. The van der Waals surface area contributed by atoms with E-state index in [0.717, 1.165) is 36.3 Å². The lowest BCUT2D eigenvalue weighted by Crippen LogP contribution is -1.96. The van der Waals surface area contributed by atoms with Crippen molar-refractivity contribution in [2.45, 2.75) is 118 Å². The van der Waals surface area contributed by atoms with Crippen LogP contribution < -0.4 is 0 Å². The number of unbranched alkanes of at least 4 members (excludes halogenated alkanes) is 8. The normalized spacial score (nSPS) is 12.0. The second kappa shape index (κ2) is 17.6. The SMILES string of the molecule is CCCCCCCCc1cc(N=CC(C)=Nc2cc(CCCCCC)c(C)c(-c3ccccc3)c2)ccc1CC. The topological polar surface area (TPSA) is 24.7 Å². The molecule has 0 bridgehead atoms. The molecule has 0 aliphatic heterocycles. The molecule has 0 saturated heterocycles. The summed E-state index contributed by atoms with van der Waals surface area (Å²) >= 11 is 0. The van der Waals surface area contributed by atoms with Crippen LogP contribution in [0.1, 0.15) is 114 Å². The molecule has 0 atom stereocenters. The van der Waals surface area contributed by atoms with Gasteiger partial charge in [-0.3, -0.25) is 9.98 Å². The molecule has 0 spiro atoms. The zero-order valence-electron chi connectivity index (χ0n) is 25.9. The van der Waals surface area contributed by atoms with Crippen molar-refractivity contribution in [1.29, 1.82) is 0 Å². The number of nitrogens with zero attached hydrogens (tertiary/aromatic N) is 2. The van der Waals surface area contributed by atoms with Gasteiger partial charge in [-0.25, -0.2) is 0 Å². The fourth-order valence-corrected chi connectivity index (χ4v) is 5.51. The van der Waals surface area contributed by atoms with Crippen LogP contribution in [0.2, 0.25) is 0 Å². The Kier molecular flexibility index (Phi) is 13.9. The summed E-state index contributed by atoms with van der Waals surface area (Å²) in [5.41, 5.74) is 11.2. The molecular weight excluding hydrogens is 484 g/mol. The van der Waals surface area contributed by atoms with Crippen molar-refractivity contribution in [2.75, 3.05) is 0 Å². The highest BCUT2D eigenvalue weighted by Crippen LogP contribution is 2.32. The highest BCUT2D eigenvalue weighted by atomic mass is 14.8. The van der Waals surface area contributed by atoms with Crippen molar-refractivity contribution in [3.63, 3.8) is 0 Å². The minimum Gasteiger partial charge on any atom is -0.255 e. The van der Waals surface area contributed by atoms with Crippen molar-refractivity contribution in [2.24, 2.45) is 9.98 Å². The lowest BCUT2D eigenvalue weighted by atomic mass is 9.93. The van der Waals surface area contributed by atoms with Crippen LogP contribution in [0.25, 0.3) is 11.1 Å². The smallest absolute Gasteiger partial charge is 0.0642 e. The predicted octanol–water partition coefficient (Wildman–Crippen LogP) is 11.7. The van der Waals surface area contributed by atoms with Crippen LogP contribution in [0, 0.1) is 6.92 Å². The third-order valence-corrected chi connectivity index (χ3v) is 7.96. The van der Waals surface area contributed by atoms with E-state index >= 15 is 0 Å². The van der Waals surface area contributed by atoms with Gasteiger partial charge in [-0.2, -0.15) is 0 Å². The average Bonchev–Trinajstić information content (AvgIpc) is 2.98. The van der Waals surface area contributed by atoms with E-state index in [0.29, 0.717) is 0 Å². The number of hydrogen-bond acceptors (Lipinski definition) is 2. The van der Waals surface area contributed by atoms with Crippen LogP contribution in [0.15, 0.2) is 70.6 Å². The van der Waals surface area contributed by atoms with Crippen LogP contribution >= 0.6 is 0 Å². The minimum absolute atomic E-state index is 0.928. The minimum atomic E-state index is 0.928. The molecule has 0 amide bonds. The lowest BCUT2D eigenvalue weighted by Gasteiger charge is -2.14. The first-order valence-corrected chi connectivity index (χ1v) is 16.0. The van der Waals surface area contributed by atoms with Crippen molar-refractivity contribution >= 4 is 23.3 Å². The van der Waals surface area contributed by atoms with Crippen LogP contribution in [0.3, 0.4) is 0 Å². The molecule has 40 heavy (non-hydrogen) atoms. The largest absolute Gasteiger partial charge is 0.255 e. The zero-order valence-corrected chi connectivity index (χ0v) is 25.9. The Morgan fingerprint density at radius 2 is 1.27 bits per heavy atom. The number of aliphatic imine (C=N–C) groups is 2.